The molecule has 1 aliphatic heterocycles. The van der Waals surface area contributed by atoms with Crippen LogP contribution in [-0.2, 0) is 17.4 Å². The second kappa shape index (κ2) is 9.30. The van der Waals surface area contributed by atoms with Crippen LogP contribution in [0.2, 0.25) is 0 Å². The maximum Gasteiger partial charge on any atom is 0.416 e. The summed E-state index contributed by atoms with van der Waals surface area (Å²) in [5.41, 5.74) is 0.747. The Hall–Kier alpha value is -2.54. The van der Waals surface area contributed by atoms with Crippen LogP contribution < -0.4 is 9.64 Å². The van der Waals surface area contributed by atoms with Gasteiger partial charge in [-0.25, -0.2) is 0 Å². The summed E-state index contributed by atoms with van der Waals surface area (Å²) in [5.74, 6) is -0.219. The van der Waals surface area contributed by atoms with Crippen LogP contribution in [0.1, 0.15) is 36.0 Å². The minimum absolute atomic E-state index is 0.122. The second-order valence-corrected chi connectivity index (χ2v) is 8.19. The van der Waals surface area contributed by atoms with Crippen molar-refractivity contribution >= 4 is 11.6 Å². The Labute approximate surface area is 181 Å². The largest absolute Gasteiger partial charge is 0.497 e. The number of amides is 1. The van der Waals surface area contributed by atoms with Crippen molar-refractivity contribution in [2.24, 2.45) is 5.92 Å². The molecule has 0 bridgehead atoms. The van der Waals surface area contributed by atoms with E-state index in [9.17, 15) is 18.0 Å². The number of hydrogen-bond donors (Lipinski definition) is 0. The third kappa shape index (κ3) is 4.87. The number of methoxy groups -OCH3 is 1. The van der Waals surface area contributed by atoms with E-state index >= 15 is 0 Å². The minimum atomic E-state index is -4.49. The molecule has 0 saturated heterocycles. The van der Waals surface area contributed by atoms with Gasteiger partial charge in [-0.05, 0) is 68.2 Å². The molecule has 7 heteroatoms. The number of rotatable bonds is 6. The summed E-state index contributed by atoms with van der Waals surface area (Å²) in [4.78, 5) is 17.1. The van der Waals surface area contributed by atoms with Gasteiger partial charge in [0.05, 0.1) is 12.7 Å². The third-order valence-corrected chi connectivity index (χ3v) is 6.00. The van der Waals surface area contributed by atoms with E-state index in [-0.39, 0.29) is 23.8 Å². The van der Waals surface area contributed by atoms with E-state index < -0.39 is 17.7 Å². The molecule has 1 amide bonds. The van der Waals surface area contributed by atoms with Gasteiger partial charge in [0.1, 0.15) is 5.75 Å². The van der Waals surface area contributed by atoms with Gasteiger partial charge in [-0.1, -0.05) is 25.1 Å². The predicted molar refractivity (Wildman–Crippen MR) is 116 cm³/mol. The highest BCUT2D eigenvalue weighted by atomic mass is 19.4. The van der Waals surface area contributed by atoms with Crippen molar-refractivity contribution in [2.75, 3.05) is 39.2 Å². The highest BCUT2D eigenvalue weighted by Gasteiger charge is 2.41. The van der Waals surface area contributed by atoms with E-state index in [1.54, 1.807) is 30.2 Å². The molecule has 2 unspecified atom stereocenters. The molecule has 0 radical (unpaired) electrons. The number of benzene rings is 2. The van der Waals surface area contributed by atoms with Crippen molar-refractivity contribution in [3.05, 3.63) is 59.2 Å². The number of hydrogen-bond acceptors (Lipinski definition) is 3. The van der Waals surface area contributed by atoms with Crippen LogP contribution in [0.3, 0.4) is 0 Å². The normalized spacial score (nSPS) is 19.4. The van der Waals surface area contributed by atoms with Crippen molar-refractivity contribution in [3.8, 4) is 5.75 Å². The number of carbonyl (C=O) groups is 1. The number of alkyl halides is 3. The smallest absolute Gasteiger partial charge is 0.416 e. The SMILES string of the molecule is CCC1C(=O)N(CCN(C)C)c2cccc(C(F)(F)F)c2CC1c1ccc(OC)cc1. The van der Waals surface area contributed by atoms with Crippen molar-refractivity contribution < 1.29 is 22.7 Å². The molecule has 0 aromatic heterocycles. The van der Waals surface area contributed by atoms with E-state index in [4.69, 9.17) is 4.74 Å². The molecule has 4 nitrogen and oxygen atoms in total. The lowest BCUT2D eigenvalue weighted by atomic mass is 9.79. The lowest BCUT2D eigenvalue weighted by Gasteiger charge is -2.29. The topological polar surface area (TPSA) is 32.8 Å². The number of halogens is 3. The van der Waals surface area contributed by atoms with E-state index in [1.165, 1.54) is 6.07 Å². The first-order valence-electron chi connectivity index (χ1n) is 10.5. The maximum atomic E-state index is 13.9. The van der Waals surface area contributed by atoms with Gasteiger partial charge in [0.15, 0.2) is 0 Å². The molecule has 31 heavy (non-hydrogen) atoms. The molecular weight excluding hydrogens is 405 g/mol. The van der Waals surface area contributed by atoms with Crippen LogP contribution in [0.15, 0.2) is 42.5 Å². The zero-order valence-corrected chi connectivity index (χ0v) is 18.4. The Morgan fingerprint density at radius 3 is 2.35 bits per heavy atom. The number of fused-ring (bicyclic) bond motifs is 1. The first kappa shape index (κ1) is 23.1. The van der Waals surface area contributed by atoms with Crippen molar-refractivity contribution in [3.63, 3.8) is 0 Å². The number of anilines is 1. The summed E-state index contributed by atoms with van der Waals surface area (Å²) < 4.78 is 47.0. The molecule has 0 fully saturated rings. The highest BCUT2D eigenvalue weighted by molar-refractivity contribution is 5.97. The quantitative estimate of drug-likeness (QED) is 0.643. The van der Waals surface area contributed by atoms with Crippen molar-refractivity contribution in [2.45, 2.75) is 31.9 Å². The fraction of sp³-hybridized carbons (Fsp3) is 0.458. The third-order valence-electron chi connectivity index (χ3n) is 6.00. The van der Waals surface area contributed by atoms with Gasteiger partial charge in [-0.3, -0.25) is 4.79 Å². The van der Waals surface area contributed by atoms with Gasteiger partial charge < -0.3 is 14.5 Å². The molecule has 0 saturated carbocycles. The zero-order chi connectivity index (χ0) is 22.8. The Morgan fingerprint density at radius 2 is 1.81 bits per heavy atom. The number of ether oxygens (including phenoxy) is 1. The van der Waals surface area contributed by atoms with Gasteiger partial charge in [0, 0.05) is 24.7 Å². The molecule has 2 atom stereocenters. The number of likely N-dealkylation sites (N-methyl/N-ethyl adjacent to an activating group) is 1. The molecule has 1 aliphatic rings. The van der Waals surface area contributed by atoms with Crippen molar-refractivity contribution in [1.82, 2.24) is 4.90 Å². The summed E-state index contributed by atoms with van der Waals surface area (Å²) in [7, 11) is 5.33. The standard InChI is InChI=1S/C24H29F3N2O2/c1-5-18-19(16-9-11-17(31-4)12-10-16)15-20-21(24(25,26)27)7-6-8-22(20)29(23(18)30)14-13-28(2)3/h6-12,18-19H,5,13-15H2,1-4H3. The lowest BCUT2D eigenvalue weighted by Crippen LogP contribution is -2.41. The molecule has 0 spiro atoms. The Balaban J connectivity index is 2.16. The van der Waals surface area contributed by atoms with Gasteiger partial charge >= 0.3 is 6.18 Å². The average molecular weight is 435 g/mol. The fourth-order valence-electron chi connectivity index (χ4n) is 4.35. The second-order valence-electron chi connectivity index (χ2n) is 8.19. The van der Waals surface area contributed by atoms with Crippen LogP contribution >= 0.6 is 0 Å². The minimum Gasteiger partial charge on any atom is -0.497 e. The molecule has 2 aromatic carbocycles. The van der Waals surface area contributed by atoms with E-state index in [2.05, 4.69) is 0 Å². The predicted octanol–water partition coefficient (Wildman–Crippen LogP) is 4.97. The van der Waals surface area contributed by atoms with Crippen LogP contribution in [0, 0.1) is 5.92 Å². The maximum absolute atomic E-state index is 13.9. The Kier molecular flexibility index (Phi) is 6.94. The highest BCUT2D eigenvalue weighted by Crippen LogP contribution is 2.44. The first-order valence-corrected chi connectivity index (χ1v) is 10.5. The molecule has 0 aliphatic carbocycles. The molecule has 2 aromatic rings. The average Bonchev–Trinajstić information content (AvgIpc) is 2.85. The summed E-state index contributed by atoms with van der Waals surface area (Å²) in [6.45, 7) is 2.82. The van der Waals surface area contributed by atoms with Crippen LogP contribution in [0.5, 0.6) is 5.75 Å². The van der Waals surface area contributed by atoms with E-state index in [0.717, 1.165) is 11.6 Å². The fourth-order valence-corrected chi connectivity index (χ4v) is 4.35. The van der Waals surface area contributed by atoms with Crippen molar-refractivity contribution in [1.29, 1.82) is 0 Å². The summed E-state index contributed by atoms with van der Waals surface area (Å²) in [5, 5.41) is 0. The van der Waals surface area contributed by atoms with E-state index in [0.29, 0.717) is 30.9 Å². The Bertz CT molecular complexity index is 910. The Morgan fingerprint density at radius 1 is 1.13 bits per heavy atom. The van der Waals surface area contributed by atoms with Gasteiger partial charge in [-0.2, -0.15) is 13.2 Å². The molecular formula is C24H29F3N2O2. The van der Waals surface area contributed by atoms with E-state index in [1.807, 2.05) is 38.1 Å². The first-order chi connectivity index (χ1) is 14.7. The number of nitrogens with zero attached hydrogens (tertiary/aromatic N) is 2. The van der Waals surface area contributed by atoms with Gasteiger partial charge in [0.2, 0.25) is 5.91 Å². The molecule has 168 valence electrons. The van der Waals surface area contributed by atoms with Crippen LogP contribution in [0.25, 0.3) is 0 Å². The van der Waals surface area contributed by atoms with Crippen LogP contribution in [0.4, 0.5) is 18.9 Å². The van der Waals surface area contributed by atoms with Crippen LogP contribution in [-0.4, -0.2) is 45.1 Å². The molecule has 1 heterocycles. The summed E-state index contributed by atoms with van der Waals surface area (Å²) >= 11 is 0. The monoisotopic (exact) mass is 434 g/mol. The molecule has 3 rings (SSSR count). The zero-order valence-electron chi connectivity index (χ0n) is 18.4. The summed E-state index contributed by atoms with van der Waals surface area (Å²) in [6.07, 6.45) is -3.79. The summed E-state index contributed by atoms with van der Waals surface area (Å²) in [6, 6.07) is 11.4. The van der Waals surface area contributed by atoms with Gasteiger partial charge in [-0.15, -0.1) is 0 Å². The lowest BCUT2D eigenvalue weighted by molar-refractivity contribution is -0.138. The van der Waals surface area contributed by atoms with Gasteiger partial charge in [0.25, 0.3) is 0 Å². The molecule has 0 N–H and O–H groups in total. The number of carbonyl (C=O) groups excluding carboxylic acids is 1.